The zero-order valence-electron chi connectivity index (χ0n) is 11.7. The summed E-state index contributed by atoms with van der Waals surface area (Å²) in [7, 11) is 0. The first-order chi connectivity index (χ1) is 8.65. The predicted molar refractivity (Wildman–Crippen MR) is 74.1 cm³/mol. The second-order valence-electron chi connectivity index (χ2n) is 6.47. The normalized spacial score (nSPS) is 29.9. The summed E-state index contributed by atoms with van der Waals surface area (Å²) in [6, 6.07) is 0.0977. The van der Waals surface area contributed by atoms with Gasteiger partial charge in [0, 0.05) is 19.0 Å². The maximum Gasteiger partial charge on any atom is 0.221 e. The van der Waals surface area contributed by atoms with Crippen molar-refractivity contribution in [3.63, 3.8) is 0 Å². The van der Waals surface area contributed by atoms with Gasteiger partial charge in [0.05, 0.1) is 0 Å². The number of carbonyl (C=O) groups excluding carboxylic acids is 1. The van der Waals surface area contributed by atoms with Gasteiger partial charge in [-0.3, -0.25) is 4.79 Å². The fourth-order valence-electron chi connectivity index (χ4n) is 3.01. The van der Waals surface area contributed by atoms with Crippen LogP contribution < -0.4 is 11.1 Å². The molecule has 0 radical (unpaired) electrons. The van der Waals surface area contributed by atoms with Crippen molar-refractivity contribution in [1.29, 1.82) is 0 Å². The van der Waals surface area contributed by atoms with E-state index in [1.807, 2.05) is 0 Å². The standard InChI is InChI=1S/C15H28N2O/c1-11-2-4-12(5-3-11)8-9-17-15(18)10-14(16)13-6-7-13/h11-14H,2-10,16H2,1H3,(H,17,18). The van der Waals surface area contributed by atoms with Gasteiger partial charge in [0.25, 0.3) is 0 Å². The highest BCUT2D eigenvalue weighted by molar-refractivity contribution is 5.76. The lowest BCUT2D eigenvalue weighted by Crippen LogP contribution is -2.34. The number of rotatable bonds is 6. The van der Waals surface area contributed by atoms with Gasteiger partial charge in [-0.15, -0.1) is 0 Å². The van der Waals surface area contributed by atoms with Crippen molar-refractivity contribution in [3.05, 3.63) is 0 Å². The SMILES string of the molecule is CC1CCC(CCNC(=O)CC(N)C2CC2)CC1. The fourth-order valence-corrected chi connectivity index (χ4v) is 3.01. The number of carbonyl (C=O) groups is 1. The third kappa shape index (κ3) is 4.60. The topological polar surface area (TPSA) is 55.1 Å². The van der Waals surface area contributed by atoms with Crippen LogP contribution in [0.15, 0.2) is 0 Å². The Morgan fingerprint density at radius 3 is 2.50 bits per heavy atom. The molecule has 0 aromatic carbocycles. The molecule has 0 aromatic rings. The zero-order chi connectivity index (χ0) is 13.0. The Morgan fingerprint density at radius 2 is 1.89 bits per heavy atom. The monoisotopic (exact) mass is 252 g/mol. The summed E-state index contributed by atoms with van der Waals surface area (Å²) in [6.07, 6.45) is 9.53. The number of hydrogen-bond donors (Lipinski definition) is 2. The largest absolute Gasteiger partial charge is 0.356 e. The Balaban J connectivity index is 1.53. The van der Waals surface area contributed by atoms with Crippen molar-refractivity contribution >= 4 is 5.91 Å². The van der Waals surface area contributed by atoms with E-state index in [9.17, 15) is 4.79 Å². The molecule has 0 aliphatic heterocycles. The molecule has 3 N–H and O–H groups in total. The highest BCUT2D eigenvalue weighted by Crippen LogP contribution is 2.32. The quantitative estimate of drug-likeness (QED) is 0.763. The van der Waals surface area contributed by atoms with Crippen molar-refractivity contribution in [2.75, 3.05) is 6.54 Å². The number of hydrogen-bond acceptors (Lipinski definition) is 2. The van der Waals surface area contributed by atoms with Crippen molar-refractivity contribution in [2.24, 2.45) is 23.5 Å². The Bertz CT molecular complexity index is 268. The number of nitrogens with one attached hydrogen (secondary N) is 1. The maximum absolute atomic E-state index is 11.7. The van der Waals surface area contributed by atoms with E-state index in [0.717, 1.165) is 24.8 Å². The lowest BCUT2D eigenvalue weighted by molar-refractivity contribution is -0.121. The van der Waals surface area contributed by atoms with Crippen molar-refractivity contribution in [3.8, 4) is 0 Å². The van der Waals surface area contributed by atoms with Gasteiger partial charge in [0.1, 0.15) is 0 Å². The molecule has 2 rings (SSSR count). The molecular formula is C15H28N2O. The van der Waals surface area contributed by atoms with Crippen LogP contribution in [0.4, 0.5) is 0 Å². The zero-order valence-corrected chi connectivity index (χ0v) is 11.7. The van der Waals surface area contributed by atoms with E-state index in [-0.39, 0.29) is 11.9 Å². The summed E-state index contributed by atoms with van der Waals surface area (Å²) < 4.78 is 0. The second kappa shape index (κ2) is 6.55. The first-order valence-electron chi connectivity index (χ1n) is 7.67. The summed E-state index contributed by atoms with van der Waals surface area (Å²) in [4.78, 5) is 11.7. The Morgan fingerprint density at radius 1 is 1.22 bits per heavy atom. The number of nitrogens with two attached hydrogens (primary N) is 1. The molecular weight excluding hydrogens is 224 g/mol. The summed E-state index contributed by atoms with van der Waals surface area (Å²) in [5.41, 5.74) is 5.95. The van der Waals surface area contributed by atoms with Gasteiger partial charge in [-0.05, 0) is 37.0 Å². The van der Waals surface area contributed by atoms with Crippen LogP contribution in [0.3, 0.4) is 0 Å². The minimum Gasteiger partial charge on any atom is -0.356 e. The van der Waals surface area contributed by atoms with Crippen LogP contribution in [0.2, 0.25) is 0 Å². The second-order valence-corrected chi connectivity index (χ2v) is 6.47. The van der Waals surface area contributed by atoms with Gasteiger partial charge in [-0.25, -0.2) is 0 Å². The summed E-state index contributed by atoms with van der Waals surface area (Å²) in [5, 5.41) is 3.04. The van der Waals surface area contributed by atoms with E-state index >= 15 is 0 Å². The van der Waals surface area contributed by atoms with E-state index in [4.69, 9.17) is 5.73 Å². The van der Waals surface area contributed by atoms with Crippen molar-refractivity contribution in [1.82, 2.24) is 5.32 Å². The third-order valence-electron chi connectivity index (χ3n) is 4.66. The molecule has 0 aromatic heterocycles. The van der Waals surface area contributed by atoms with Gasteiger partial charge >= 0.3 is 0 Å². The molecule has 2 aliphatic carbocycles. The molecule has 3 heteroatoms. The van der Waals surface area contributed by atoms with E-state index in [1.54, 1.807) is 0 Å². The molecule has 2 saturated carbocycles. The van der Waals surface area contributed by atoms with Crippen LogP contribution in [0.25, 0.3) is 0 Å². The Hall–Kier alpha value is -0.570. The third-order valence-corrected chi connectivity index (χ3v) is 4.66. The molecule has 104 valence electrons. The molecule has 1 atom stereocenters. The van der Waals surface area contributed by atoms with Crippen LogP contribution in [-0.2, 0) is 4.79 Å². The average Bonchev–Trinajstić information content (AvgIpc) is 3.15. The smallest absolute Gasteiger partial charge is 0.221 e. The van der Waals surface area contributed by atoms with E-state index in [2.05, 4.69) is 12.2 Å². The molecule has 18 heavy (non-hydrogen) atoms. The minimum absolute atomic E-state index is 0.0977. The molecule has 1 amide bonds. The molecule has 0 heterocycles. The van der Waals surface area contributed by atoms with Crippen molar-refractivity contribution in [2.45, 2.75) is 64.3 Å². The summed E-state index contributed by atoms with van der Waals surface area (Å²) in [6.45, 7) is 3.19. The molecule has 3 nitrogen and oxygen atoms in total. The van der Waals surface area contributed by atoms with Gasteiger partial charge < -0.3 is 11.1 Å². The van der Waals surface area contributed by atoms with Gasteiger partial charge in [0.2, 0.25) is 5.91 Å². The molecule has 1 unspecified atom stereocenters. The van der Waals surface area contributed by atoms with E-state index in [1.165, 1.54) is 38.5 Å². The summed E-state index contributed by atoms with van der Waals surface area (Å²) >= 11 is 0. The molecule has 2 fully saturated rings. The first-order valence-corrected chi connectivity index (χ1v) is 7.67. The van der Waals surface area contributed by atoms with E-state index < -0.39 is 0 Å². The Labute approximate surface area is 111 Å². The lowest BCUT2D eigenvalue weighted by atomic mass is 9.81. The predicted octanol–water partition coefficient (Wildman–Crippen LogP) is 2.45. The van der Waals surface area contributed by atoms with Crippen LogP contribution >= 0.6 is 0 Å². The van der Waals surface area contributed by atoms with Gasteiger partial charge in [-0.1, -0.05) is 32.6 Å². The first kappa shape index (κ1) is 13.9. The maximum atomic E-state index is 11.7. The average molecular weight is 252 g/mol. The van der Waals surface area contributed by atoms with Crippen LogP contribution in [0.1, 0.15) is 58.3 Å². The molecule has 0 saturated heterocycles. The summed E-state index contributed by atoms with van der Waals surface area (Å²) in [5.74, 6) is 2.51. The molecule has 0 spiro atoms. The number of amides is 1. The lowest BCUT2D eigenvalue weighted by Gasteiger charge is -2.26. The van der Waals surface area contributed by atoms with Crippen LogP contribution in [0.5, 0.6) is 0 Å². The Kier molecular flexibility index (Phi) is 5.04. The minimum atomic E-state index is 0.0977. The van der Waals surface area contributed by atoms with E-state index in [0.29, 0.717) is 12.3 Å². The van der Waals surface area contributed by atoms with Gasteiger partial charge in [-0.2, -0.15) is 0 Å². The van der Waals surface area contributed by atoms with Crippen LogP contribution in [-0.4, -0.2) is 18.5 Å². The highest BCUT2D eigenvalue weighted by Gasteiger charge is 2.29. The highest BCUT2D eigenvalue weighted by atomic mass is 16.1. The van der Waals surface area contributed by atoms with Gasteiger partial charge in [0.15, 0.2) is 0 Å². The fraction of sp³-hybridized carbons (Fsp3) is 0.933. The molecule has 2 aliphatic rings. The van der Waals surface area contributed by atoms with Crippen LogP contribution in [0, 0.1) is 17.8 Å². The van der Waals surface area contributed by atoms with Crippen molar-refractivity contribution < 1.29 is 4.79 Å². The molecule has 0 bridgehead atoms.